The molecule has 1 amide bonds. The predicted molar refractivity (Wildman–Crippen MR) is 116 cm³/mol. The summed E-state index contributed by atoms with van der Waals surface area (Å²) in [7, 11) is 0. The van der Waals surface area contributed by atoms with E-state index in [4.69, 9.17) is 4.42 Å². The van der Waals surface area contributed by atoms with Gasteiger partial charge in [0.25, 0.3) is 5.91 Å². The highest BCUT2D eigenvalue weighted by Crippen LogP contribution is 2.35. The van der Waals surface area contributed by atoms with Gasteiger partial charge in [-0.2, -0.15) is 5.10 Å². The summed E-state index contributed by atoms with van der Waals surface area (Å²) in [5.74, 6) is 0.798. The molecule has 30 heavy (non-hydrogen) atoms. The molecule has 11 heteroatoms. The Hall–Kier alpha value is -2.76. The summed E-state index contributed by atoms with van der Waals surface area (Å²) < 4.78 is 7.21. The van der Waals surface area contributed by atoms with Crippen LogP contribution in [0, 0.1) is 0 Å². The molecule has 5 rings (SSSR count). The highest BCUT2D eigenvalue weighted by atomic mass is 32.2. The number of thiophene rings is 2. The fourth-order valence-corrected chi connectivity index (χ4v) is 5.40. The number of thioether (sulfide) groups is 1. The highest BCUT2D eigenvalue weighted by Gasteiger charge is 2.34. The minimum atomic E-state index is -0.125. The van der Waals surface area contributed by atoms with Gasteiger partial charge in [0.1, 0.15) is 11.5 Å². The molecule has 0 bridgehead atoms. The van der Waals surface area contributed by atoms with Gasteiger partial charge in [-0.1, -0.05) is 23.9 Å². The molecule has 8 nitrogen and oxygen atoms in total. The zero-order valence-electron chi connectivity index (χ0n) is 15.6. The number of carbonyl (C=O) groups excluding carboxylic acids is 1. The Labute approximate surface area is 184 Å². The molecular weight excluding hydrogens is 440 g/mol. The van der Waals surface area contributed by atoms with Crippen LogP contribution >= 0.6 is 34.4 Å². The normalized spacial score (nSPS) is 16.2. The molecule has 4 aromatic rings. The number of hydrazone groups is 1. The van der Waals surface area contributed by atoms with Crippen molar-refractivity contribution in [2.24, 2.45) is 5.10 Å². The van der Waals surface area contributed by atoms with Gasteiger partial charge in [-0.25, -0.2) is 9.69 Å². The van der Waals surface area contributed by atoms with Crippen molar-refractivity contribution in [1.29, 1.82) is 0 Å². The second-order valence-corrected chi connectivity index (χ2v) is 9.44. The molecule has 5 heterocycles. The molecule has 0 fully saturated rings. The van der Waals surface area contributed by atoms with Crippen LogP contribution in [0.25, 0.3) is 0 Å². The topological polar surface area (TPSA) is 89.4 Å². The van der Waals surface area contributed by atoms with Gasteiger partial charge in [0.05, 0.1) is 24.6 Å². The van der Waals surface area contributed by atoms with Crippen molar-refractivity contribution in [1.82, 2.24) is 25.2 Å². The summed E-state index contributed by atoms with van der Waals surface area (Å²) in [4.78, 5) is 15.3. The standard InChI is InChI=1S/C19H16N6O2S3/c26-18(12-30-19-20-22-23-24(19)11-13-4-2-8-28-13)25-15(17-6-3-9-29-17)10-14(21-25)16-5-1-7-27-16/h1-9,15H,10-12H2/t15-/m0/s1. The third kappa shape index (κ3) is 3.95. The maximum absolute atomic E-state index is 13.1. The average molecular weight is 457 g/mol. The highest BCUT2D eigenvalue weighted by molar-refractivity contribution is 7.99. The van der Waals surface area contributed by atoms with Gasteiger partial charge in [0.2, 0.25) is 5.16 Å². The lowest BCUT2D eigenvalue weighted by atomic mass is 10.1. The van der Waals surface area contributed by atoms with Crippen LogP contribution in [-0.4, -0.2) is 42.6 Å². The maximum Gasteiger partial charge on any atom is 0.253 e. The number of furan rings is 1. The fourth-order valence-electron chi connectivity index (χ4n) is 3.18. The third-order valence-corrected chi connectivity index (χ3v) is 7.33. The number of hydrogen-bond acceptors (Lipinski definition) is 9. The van der Waals surface area contributed by atoms with Crippen molar-refractivity contribution in [2.45, 2.75) is 24.2 Å². The van der Waals surface area contributed by atoms with Crippen molar-refractivity contribution in [2.75, 3.05) is 5.75 Å². The van der Waals surface area contributed by atoms with Crippen molar-refractivity contribution in [3.63, 3.8) is 0 Å². The molecule has 1 aliphatic heterocycles. The molecule has 4 aromatic heterocycles. The van der Waals surface area contributed by atoms with Crippen LogP contribution in [0.1, 0.15) is 28.0 Å². The number of amides is 1. The van der Waals surface area contributed by atoms with Gasteiger partial charge in [0.15, 0.2) is 0 Å². The van der Waals surface area contributed by atoms with Crippen LogP contribution in [0.3, 0.4) is 0 Å². The Balaban J connectivity index is 1.31. The van der Waals surface area contributed by atoms with Crippen LogP contribution in [0.5, 0.6) is 0 Å². The van der Waals surface area contributed by atoms with E-state index >= 15 is 0 Å². The molecule has 0 saturated carbocycles. The van der Waals surface area contributed by atoms with Crippen LogP contribution < -0.4 is 0 Å². The molecule has 0 spiro atoms. The SMILES string of the molecule is O=C(CSc1nnnn1Cc1cccs1)N1N=C(c2ccco2)C[C@H]1c1cccs1. The largest absolute Gasteiger partial charge is 0.463 e. The molecule has 1 aliphatic rings. The zero-order valence-corrected chi connectivity index (χ0v) is 18.1. The van der Waals surface area contributed by atoms with Crippen LogP contribution in [0.2, 0.25) is 0 Å². The van der Waals surface area contributed by atoms with Crippen LogP contribution in [0.4, 0.5) is 0 Å². The van der Waals surface area contributed by atoms with Gasteiger partial charge >= 0.3 is 0 Å². The first-order valence-corrected chi connectivity index (χ1v) is 11.9. The molecule has 0 aromatic carbocycles. The van der Waals surface area contributed by atoms with Gasteiger partial charge in [-0.05, 0) is 45.5 Å². The van der Waals surface area contributed by atoms with Crippen molar-refractivity contribution < 1.29 is 9.21 Å². The smallest absolute Gasteiger partial charge is 0.253 e. The fraction of sp³-hybridized carbons (Fsp3) is 0.211. The Kier molecular flexibility index (Phi) is 5.47. The average Bonchev–Trinajstić information content (AvgIpc) is 3.57. The van der Waals surface area contributed by atoms with E-state index in [9.17, 15) is 4.79 Å². The summed E-state index contributed by atoms with van der Waals surface area (Å²) in [5, 5.41) is 22.7. The van der Waals surface area contributed by atoms with Crippen LogP contribution in [0.15, 0.2) is 68.1 Å². The van der Waals surface area contributed by atoms with E-state index in [1.807, 2.05) is 47.2 Å². The summed E-state index contributed by atoms with van der Waals surface area (Å²) in [6.07, 6.45) is 2.24. The van der Waals surface area contributed by atoms with E-state index in [-0.39, 0.29) is 17.7 Å². The lowest BCUT2D eigenvalue weighted by Gasteiger charge is -2.20. The minimum Gasteiger partial charge on any atom is -0.463 e. The molecule has 0 aliphatic carbocycles. The number of rotatable bonds is 7. The predicted octanol–water partition coefficient (Wildman–Crippen LogP) is 3.91. The number of carbonyl (C=O) groups is 1. The van der Waals surface area contributed by atoms with Crippen LogP contribution in [-0.2, 0) is 11.3 Å². The zero-order chi connectivity index (χ0) is 20.3. The monoisotopic (exact) mass is 456 g/mol. The number of aromatic nitrogens is 4. The van der Waals surface area contributed by atoms with E-state index in [0.29, 0.717) is 23.9 Å². The maximum atomic E-state index is 13.1. The van der Waals surface area contributed by atoms with E-state index in [1.165, 1.54) is 11.8 Å². The Morgan fingerprint density at radius 1 is 1.20 bits per heavy atom. The first-order valence-electron chi connectivity index (χ1n) is 9.16. The second kappa shape index (κ2) is 8.54. The van der Waals surface area contributed by atoms with E-state index in [2.05, 4.69) is 20.6 Å². The Morgan fingerprint density at radius 3 is 2.87 bits per heavy atom. The summed E-state index contributed by atoms with van der Waals surface area (Å²) in [6.45, 7) is 0.587. The third-order valence-electron chi connectivity index (χ3n) is 4.55. The Bertz CT molecular complexity index is 1140. The summed E-state index contributed by atoms with van der Waals surface area (Å²) in [6, 6.07) is 11.6. The van der Waals surface area contributed by atoms with Gasteiger partial charge in [-0.3, -0.25) is 4.79 Å². The van der Waals surface area contributed by atoms with E-state index < -0.39 is 0 Å². The van der Waals surface area contributed by atoms with Crippen molar-refractivity contribution in [3.8, 4) is 0 Å². The summed E-state index contributed by atoms with van der Waals surface area (Å²) in [5.41, 5.74) is 0.777. The molecule has 0 N–H and O–H groups in total. The quantitative estimate of drug-likeness (QED) is 0.392. The summed E-state index contributed by atoms with van der Waals surface area (Å²) >= 11 is 4.59. The van der Waals surface area contributed by atoms with E-state index in [0.717, 1.165) is 15.5 Å². The lowest BCUT2D eigenvalue weighted by Crippen LogP contribution is -2.28. The molecular formula is C19H16N6O2S3. The molecule has 152 valence electrons. The lowest BCUT2D eigenvalue weighted by molar-refractivity contribution is -0.130. The number of hydrogen-bond donors (Lipinski definition) is 0. The Morgan fingerprint density at radius 2 is 2.10 bits per heavy atom. The molecule has 0 radical (unpaired) electrons. The first kappa shape index (κ1) is 19.2. The van der Waals surface area contributed by atoms with E-state index in [1.54, 1.807) is 38.6 Å². The minimum absolute atomic E-state index is 0.0920. The number of nitrogens with zero attached hydrogens (tertiary/aromatic N) is 6. The van der Waals surface area contributed by atoms with Crippen molar-refractivity contribution >= 4 is 46.1 Å². The van der Waals surface area contributed by atoms with Gasteiger partial charge < -0.3 is 4.42 Å². The van der Waals surface area contributed by atoms with Gasteiger partial charge in [-0.15, -0.1) is 27.8 Å². The molecule has 0 saturated heterocycles. The number of tetrazole rings is 1. The first-order chi connectivity index (χ1) is 14.8. The molecule has 1 atom stereocenters. The van der Waals surface area contributed by atoms with Crippen molar-refractivity contribution in [3.05, 3.63) is 68.9 Å². The van der Waals surface area contributed by atoms with Gasteiger partial charge in [0, 0.05) is 16.2 Å². The second-order valence-electron chi connectivity index (χ2n) is 6.48. The molecule has 0 unspecified atom stereocenters.